The van der Waals surface area contributed by atoms with E-state index in [1.54, 1.807) is 6.21 Å². The summed E-state index contributed by atoms with van der Waals surface area (Å²) >= 11 is 5.54. The van der Waals surface area contributed by atoms with Gasteiger partial charge in [-0.15, -0.1) is 0 Å². The van der Waals surface area contributed by atoms with Crippen LogP contribution in [-0.2, 0) is 9.59 Å². The van der Waals surface area contributed by atoms with Gasteiger partial charge in [0, 0.05) is 26.6 Å². The lowest BCUT2D eigenvalue weighted by molar-refractivity contribution is -0.124. The van der Waals surface area contributed by atoms with Crippen molar-refractivity contribution >= 4 is 62.2 Å². The Labute approximate surface area is 162 Å². The van der Waals surface area contributed by atoms with Gasteiger partial charge in [-0.2, -0.15) is 5.10 Å². The van der Waals surface area contributed by atoms with Crippen molar-refractivity contribution in [1.29, 1.82) is 0 Å². The maximum absolute atomic E-state index is 11.8. The topological polar surface area (TPSA) is 70.6 Å². The summed E-state index contributed by atoms with van der Waals surface area (Å²) in [6, 6.07) is 15.0. The van der Waals surface area contributed by atoms with E-state index in [0.29, 0.717) is 5.69 Å². The molecule has 2 aromatic rings. The molecule has 124 valence electrons. The molecular formula is C17H15BrIN3O2. The third kappa shape index (κ3) is 6.79. The van der Waals surface area contributed by atoms with Crippen LogP contribution in [0.15, 0.2) is 58.1 Å². The van der Waals surface area contributed by atoms with E-state index in [-0.39, 0.29) is 24.7 Å². The van der Waals surface area contributed by atoms with E-state index in [9.17, 15) is 9.59 Å². The Hall–Kier alpha value is -1.74. The van der Waals surface area contributed by atoms with Gasteiger partial charge in [0.15, 0.2) is 0 Å². The van der Waals surface area contributed by atoms with Crippen LogP contribution in [0.25, 0.3) is 0 Å². The quantitative estimate of drug-likeness (QED) is 0.359. The zero-order valence-electron chi connectivity index (χ0n) is 12.6. The molecule has 0 aliphatic carbocycles. The van der Waals surface area contributed by atoms with Crippen LogP contribution >= 0.6 is 38.5 Å². The fourth-order valence-corrected chi connectivity index (χ4v) is 2.39. The van der Waals surface area contributed by atoms with E-state index >= 15 is 0 Å². The summed E-state index contributed by atoms with van der Waals surface area (Å²) in [7, 11) is 0. The van der Waals surface area contributed by atoms with Crippen molar-refractivity contribution in [2.24, 2.45) is 5.10 Å². The summed E-state index contributed by atoms with van der Waals surface area (Å²) < 4.78 is 2.07. The highest BCUT2D eigenvalue weighted by molar-refractivity contribution is 14.1. The van der Waals surface area contributed by atoms with Crippen LogP contribution in [0.2, 0.25) is 0 Å². The Bertz CT molecular complexity index is 731. The summed E-state index contributed by atoms with van der Waals surface area (Å²) in [6.45, 7) is 0. The number of hydrazone groups is 1. The SMILES string of the molecule is O=C(CCC(=O)Nc1ccc(I)cc1)NN=Cc1ccc(Br)cc1. The molecule has 0 fully saturated rings. The molecule has 2 N–H and O–H groups in total. The fraction of sp³-hybridized carbons (Fsp3) is 0.118. The Morgan fingerprint density at radius 2 is 1.62 bits per heavy atom. The highest BCUT2D eigenvalue weighted by atomic mass is 127. The number of anilines is 1. The molecule has 24 heavy (non-hydrogen) atoms. The number of rotatable bonds is 6. The standard InChI is InChI=1S/C17H15BrIN3O2/c18-13-3-1-12(2-4-13)11-20-22-17(24)10-9-16(23)21-15-7-5-14(19)6-8-15/h1-8,11H,9-10H2,(H,21,23)(H,22,24). The molecule has 2 rings (SSSR count). The Morgan fingerprint density at radius 1 is 1.00 bits per heavy atom. The molecule has 2 amide bonds. The van der Waals surface area contributed by atoms with Crippen molar-refractivity contribution in [1.82, 2.24) is 5.43 Å². The molecule has 0 bridgehead atoms. The van der Waals surface area contributed by atoms with Gasteiger partial charge < -0.3 is 5.32 Å². The van der Waals surface area contributed by atoms with Crippen LogP contribution < -0.4 is 10.7 Å². The van der Waals surface area contributed by atoms with Gasteiger partial charge in [0.25, 0.3) is 0 Å². The first-order chi connectivity index (χ1) is 11.5. The third-order valence-corrected chi connectivity index (χ3v) is 4.23. The minimum absolute atomic E-state index is 0.0773. The van der Waals surface area contributed by atoms with E-state index in [1.165, 1.54) is 0 Å². The number of halogens is 2. The fourth-order valence-electron chi connectivity index (χ4n) is 1.77. The Balaban J connectivity index is 1.71. The first-order valence-electron chi connectivity index (χ1n) is 7.16. The van der Waals surface area contributed by atoms with Crippen molar-refractivity contribution in [2.45, 2.75) is 12.8 Å². The second-order valence-electron chi connectivity index (χ2n) is 4.90. The predicted molar refractivity (Wildman–Crippen MR) is 107 cm³/mol. The number of carbonyl (C=O) groups is 2. The number of nitrogens with one attached hydrogen (secondary N) is 2. The highest BCUT2D eigenvalue weighted by Gasteiger charge is 2.06. The summed E-state index contributed by atoms with van der Waals surface area (Å²) in [4.78, 5) is 23.5. The summed E-state index contributed by atoms with van der Waals surface area (Å²) in [5, 5.41) is 6.62. The molecule has 0 atom stereocenters. The van der Waals surface area contributed by atoms with Gasteiger partial charge in [-0.25, -0.2) is 5.43 Å². The Kier molecular flexibility index (Phi) is 7.38. The average Bonchev–Trinajstić information content (AvgIpc) is 2.57. The molecule has 5 nitrogen and oxygen atoms in total. The molecule has 0 saturated heterocycles. The van der Waals surface area contributed by atoms with Gasteiger partial charge in [0.1, 0.15) is 0 Å². The van der Waals surface area contributed by atoms with E-state index in [1.807, 2.05) is 48.5 Å². The van der Waals surface area contributed by atoms with Crippen LogP contribution in [0.5, 0.6) is 0 Å². The van der Waals surface area contributed by atoms with Crippen molar-refractivity contribution in [2.75, 3.05) is 5.32 Å². The first-order valence-corrected chi connectivity index (χ1v) is 9.03. The van der Waals surface area contributed by atoms with Gasteiger partial charge in [-0.1, -0.05) is 28.1 Å². The van der Waals surface area contributed by atoms with Gasteiger partial charge in [0.05, 0.1) is 6.21 Å². The second-order valence-corrected chi connectivity index (χ2v) is 7.06. The zero-order valence-corrected chi connectivity index (χ0v) is 16.4. The summed E-state index contributed by atoms with van der Waals surface area (Å²) in [5.41, 5.74) is 4.00. The maximum Gasteiger partial charge on any atom is 0.240 e. The van der Waals surface area contributed by atoms with E-state index in [0.717, 1.165) is 13.6 Å². The monoisotopic (exact) mass is 499 g/mol. The molecule has 0 radical (unpaired) electrons. The number of hydrogen-bond donors (Lipinski definition) is 2. The molecule has 7 heteroatoms. The van der Waals surface area contributed by atoms with Crippen LogP contribution in [0.1, 0.15) is 18.4 Å². The van der Waals surface area contributed by atoms with Crippen LogP contribution in [-0.4, -0.2) is 18.0 Å². The zero-order chi connectivity index (χ0) is 17.4. The average molecular weight is 500 g/mol. The Morgan fingerprint density at radius 3 is 2.29 bits per heavy atom. The first kappa shape index (κ1) is 18.6. The van der Waals surface area contributed by atoms with Crippen molar-refractivity contribution in [3.05, 3.63) is 62.1 Å². The largest absolute Gasteiger partial charge is 0.326 e. The lowest BCUT2D eigenvalue weighted by Gasteiger charge is -2.04. The third-order valence-electron chi connectivity index (χ3n) is 2.98. The van der Waals surface area contributed by atoms with Gasteiger partial charge in [-0.3, -0.25) is 9.59 Å². The van der Waals surface area contributed by atoms with Crippen LogP contribution in [0.4, 0.5) is 5.69 Å². The minimum Gasteiger partial charge on any atom is -0.326 e. The van der Waals surface area contributed by atoms with Crippen molar-refractivity contribution < 1.29 is 9.59 Å². The van der Waals surface area contributed by atoms with Gasteiger partial charge in [0.2, 0.25) is 11.8 Å². The smallest absolute Gasteiger partial charge is 0.240 e. The second kappa shape index (κ2) is 9.53. The van der Waals surface area contributed by atoms with E-state index in [4.69, 9.17) is 0 Å². The summed E-state index contributed by atoms with van der Waals surface area (Å²) in [5.74, 6) is -0.510. The van der Waals surface area contributed by atoms with E-state index in [2.05, 4.69) is 54.4 Å². The predicted octanol–water partition coefficient (Wildman–Crippen LogP) is 3.92. The lowest BCUT2D eigenvalue weighted by atomic mass is 10.2. The normalized spacial score (nSPS) is 10.6. The molecule has 0 saturated carbocycles. The lowest BCUT2D eigenvalue weighted by Crippen LogP contribution is -2.20. The summed E-state index contributed by atoms with van der Waals surface area (Å²) in [6.07, 6.45) is 1.73. The molecule has 0 aliphatic heterocycles. The number of nitrogens with zero attached hydrogens (tertiary/aromatic N) is 1. The number of benzene rings is 2. The molecule has 0 spiro atoms. The van der Waals surface area contributed by atoms with Crippen molar-refractivity contribution in [3.8, 4) is 0 Å². The van der Waals surface area contributed by atoms with E-state index < -0.39 is 0 Å². The minimum atomic E-state index is -0.305. The molecule has 0 heterocycles. The van der Waals surface area contributed by atoms with Crippen LogP contribution in [0, 0.1) is 3.57 Å². The van der Waals surface area contributed by atoms with Crippen LogP contribution in [0.3, 0.4) is 0 Å². The number of amides is 2. The highest BCUT2D eigenvalue weighted by Crippen LogP contribution is 2.11. The molecular weight excluding hydrogens is 485 g/mol. The maximum atomic E-state index is 11.8. The number of carbonyl (C=O) groups excluding carboxylic acids is 2. The number of hydrogen-bond acceptors (Lipinski definition) is 3. The molecule has 0 aliphatic rings. The van der Waals surface area contributed by atoms with Gasteiger partial charge in [-0.05, 0) is 64.6 Å². The van der Waals surface area contributed by atoms with Gasteiger partial charge >= 0.3 is 0 Å². The molecule has 2 aromatic carbocycles. The molecule has 0 unspecified atom stereocenters. The van der Waals surface area contributed by atoms with Crippen molar-refractivity contribution in [3.63, 3.8) is 0 Å². The molecule has 0 aromatic heterocycles.